The van der Waals surface area contributed by atoms with Crippen molar-refractivity contribution >= 4 is 21.9 Å². The van der Waals surface area contributed by atoms with Crippen LogP contribution in [0.25, 0.3) is 0 Å². The summed E-state index contributed by atoms with van der Waals surface area (Å²) in [5, 5.41) is -0.0211. The molecule has 0 saturated heterocycles. The van der Waals surface area contributed by atoms with Gasteiger partial charge >= 0.3 is 5.97 Å². The number of halogens is 4. The minimum absolute atomic E-state index is 0.0211. The second-order valence-electron chi connectivity index (χ2n) is 3.00. The van der Waals surface area contributed by atoms with E-state index in [1.165, 1.54) is 6.92 Å². The summed E-state index contributed by atoms with van der Waals surface area (Å²) in [5.41, 5.74) is -1.58. The number of ether oxygens (including phenoxy) is 1. The van der Waals surface area contributed by atoms with Gasteiger partial charge in [-0.15, -0.1) is 0 Å². The summed E-state index contributed by atoms with van der Waals surface area (Å²) >= 11 is 2.92. The first-order valence-electron chi connectivity index (χ1n) is 4.71. The lowest BCUT2D eigenvalue weighted by atomic mass is 10.1. The van der Waals surface area contributed by atoms with Crippen LogP contribution in [0.5, 0.6) is 0 Å². The molecule has 0 amide bonds. The fourth-order valence-electron chi connectivity index (χ4n) is 1.22. The molecule has 0 atom stereocenters. The maximum Gasteiger partial charge on any atom is 0.342 e. The lowest BCUT2D eigenvalue weighted by Crippen LogP contribution is -2.12. The minimum Gasteiger partial charge on any atom is -0.462 e. The van der Waals surface area contributed by atoms with Crippen molar-refractivity contribution in [2.75, 3.05) is 6.61 Å². The van der Waals surface area contributed by atoms with E-state index in [0.29, 0.717) is 0 Å². The quantitative estimate of drug-likeness (QED) is 0.633. The number of rotatable bonds is 4. The Labute approximate surface area is 104 Å². The SMILES string of the molecule is CCOC(=O)c1cnc(CBr)c(C(F)F)c1F. The predicted octanol–water partition coefficient (Wildman–Crippen LogP) is 3.23. The third-order valence-electron chi connectivity index (χ3n) is 1.97. The van der Waals surface area contributed by atoms with Gasteiger partial charge in [-0.3, -0.25) is 4.98 Å². The van der Waals surface area contributed by atoms with Gasteiger partial charge in [-0.2, -0.15) is 0 Å². The summed E-state index contributed by atoms with van der Waals surface area (Å²) in [4.78, 5) is 14.9. The Morgan fingerprint density at radius 1 is 1.59 bits per heavy atom. The maximum atomic E-state index is 13.7. The molecule has 0 unspecified atom stereocenters. The molecule has 0 N–H and O–H groups in total. The van der Waals surface area contributed by atoms with Crippen molar-refractivity contribution in [3.8, 4) is 0 Å². The second kappa shape index (κ2) is 6.00. The van der Waals surface area contributed by atoms with Gasteiger partial charge in [0.05, 0.1) is 17.9 Å². The van der Waals surface area contributed by atoms with Crippen molar-refractivity contribution < 1.29 is 22.7 Å². The first-order chi connectivity index (χ1) is 8.02. The van der Waals surface area contributed by atoms with E-state index >= 15 is 0 Å². The fraction of sp³-hybridized carbons (Fsp3) is 0.400. The van der Waals surface area contributed by atoms with Crippen molar-refractivity contribution in [1.29, 1.82) is 0 Å². The molecule has 0 aliphatic heterocycles. The number of hydrogen-bond donors (Lipinski definition) is 0. The van der Waals surface area contributed by atoms with Crippen molar-refractivity contribution in [2.45, 2.75) is 18.7 Å². The minimum atomic E-state index is -3.04. The molecule has 17 heavy (non-hydrogen) atoms. The highest BCUT2D eigenvalue weighted by Crippen LogP contribution is 2.28. The second-order valence-corrected chi connectivity index (χ2v) is 3.56. The summed E-state index contributed by atoms with van der Waals surface area (Å²) in [5.74, 6) is -2.27. The maximum absolute atomic E-state index is 13.7. The Balaban J connectivity index is 3.27. The van der Waals surface area contributed by atoms with Crippen LogP contribution in [0.1, 0.15) is 35.0 Å². The van der Waals surface area contributed by atoms with Gasteiger partial charge in [0.15, 0.2) is 0 Å². The Bertz CT molecular complexity index is 426. The lowest BCUT2D eigenvalue weighted by Gasteiger charge is -2.10. The Hall–Kier alpha value is -1.11. The third-order valence-corrected chi connectivity index (χ3v) is 2.50. The molecule has 0 saturated carbocycles. The average Bonchev–Trinajstić information content (AvgIpc) is 2.27. The number of aromatic nitrogens is 1. The molecule has 0 bridgehead atoms. The average molecular weight is 312 g/mol. The van der Waals surface area contributed by atoms with E-state index in [2.05, 4.69) is 25.7 Å². The molecule has 0 aliphatic carbocycles. The molecule has 1 rings (SSSR count). The lowest BCUT2D eigenvalue weighted by molar-refractivity contribution is 0.0519. The van der Waals surface area contributed by atoms with Gasteiger partial charge in [0.2, 0.25) is 0 Å². The predicted molar refractivity (Wildman–Crippen MR) is 57.7 cm³/mol. The molecule has 1 aromatic rings. The first kappa shape index (κ1) is 14.0. The van der Waals surface area contributed by atoms with Gasteiger partial charge in [0.25, 0.3) is 6.43 Å². The zero-order valence-corrected chi connectivity index (χ0v) is 10.4. The Kier molecular flexibility index (Phi) is 4.92. The number of pyridine rings is 1. The number of alkyl halides is 3. The first-order valence-corrected chi connectivity index (χ1v) is 5.83. The van der Waals surface area contributed by atoms with E-state index in [4.69, 9.17) is 0 Å². The van der Waals surface area contributed by atoms with Crippen LogP contribution < -0.4 is 0 Å². The van der Waals surface area contributed by atoms with E-state index in [-0.39, 0.29) is 17.6 Å². The highest BCUT2D eigenvalue weighted by Gasteiger charge is 2.25. The molecule has 0 aromatic carbocycles. The number of esters is 1. The van der Waals surface area contributed by atoms with Gasteiger partial charge in [-0.05, 0) is 6.92 Å². The molecule has 3 nitrogen and oxygen atoms in total. The van der Waals surface area contributed by atoms with Crippen LogP contribution in [-0.2, 0) is 10.1 Å². The molecular formula is C10H9BrF3NO2. The molecule has 1 aromatic heterocycles. The summed E-state index contributed by atoms with van der Waals surface area (Å²) in [7, 11) is 0. The van der Waals surface area contributed by atoms with Crippen molar-refractivity contribution in [2.24, 2.45) is 0 Å². The fourth-order valence-corrected chi connectivity index (χ4v) is 1.67. The van der Waals surface area contributed by atoms with E-state index in [9.17, 15) is 18.0 Å². The van der Waals surface area contributed by atoms with Crippen LogP contribution in [0.3, 0.4) is 0 Å². The number of nitrogens with zero attached hydrogens (tertiary/aromatic N) is 1. The molecule has 0 radical (unpaired) electrons. The zero-order valence-electron chi connectivity index (χ0n) is 8.84. The molecule has 94 valence electrons. The Morgan fingerprint density at radius 2 is 2.24 bits per heavy atom. The highest BCUT2D eigenvalue weighted by molar-refractivity contribution is 9.08. The number of carbonyl (C=O) groups is 1. The van der Waals surface area contributed by atoms with Crippen molar-refractivity contribution in [3.63, 3.8) is 0 Å². The van der Waals surface area contributed by atoms with Gasteiger partial charge in [0, 0.05) is 11.5 Å². The van der Waals surface area contributed by atoms with Crippen LogP contribution in [0.4, 0.5) is 13.2 Å². The largest absolute Gasteiger partial charge is 0.462 e. The van der Waals surface area contributed by atoms with Crippen LogP contribution in [0.2, 0.25) is 0 Å². The molecule has 7 heteroatoms. The molecular weight excluding hydrogens is 303 g/mol. The zero-order chi connectivity index (χ0) is 13.0. The van der Waals surface area contributed by atoms with Gasteiger partial charge in [-0.1, -0.05) is 15.9 Å². The normalized spacial score (nSPS) is 10.7. The summed E-state index contributed by atoms with van der Waals surface area (Å²) < 4.78 is 43.5. The summed E-state index contributed by atoms with van der Waals surface area (Å²) in [6, 6.07) is 0. The highest BCUT2D eigenvalue weighted by atomic mass is 79.9. The molecule has 0 spiro atoms. The van der Waals surface area contributed by atoms with Gasteiger partial charge < -0.3 is 4.74 Å². The summed E-state index contributed by atoms with van der Waals surface area (Å²) in [6.45, 7) is 1.56. The molecule has 0 fully saturated rings. The van der Waals surface area contributed by atoms with Crippen molar-refractivity contribution in [3.05, 3.63) is 28.8 Å². The van der Waals surface area contributed by atoms with E-state index in [0.717, 1.165) is 6.20 Å². The number of carbonyl (C=O) groups excluding carboxylic acids is 1. The molecule has 1 heterocycles. The van der Waals surface area contributed by atoms with Gasteiger partial charge in [0.1, 0.15) is 11.4 Å². The van der Waals surface area contributed by atoms with E-state index in [1.54, 1.807) is 0 Å². The van der Waals surface area contributed by atoms with Crippen LogP contribution in [-0.4, -0.2) is 17.6 Å². The standard InChI is InChI=1S/C10H9BrF3NO2/c1-2-17-10(16)5-4-15-6(3-11)7(8(5)12)9(13)14/h4,9H,2-3H2,1H3. The topological polar surface area (TPSA) is 39.2 Å². The van der Waals surface area contributed by atoms with Crippen LogP contribution >= 0.6 is 15.9 Å². The third kappa shape index (κ3) is 2.96. The van der Waals surface area contributed by atoms with Crippen molar-refractivity contribution in [1.82, 2.24) is 4.98 Å². The van der Waals surface area contributed by atoms with E-state index in [1.807, 2.05) is 0 Å². The summed E-state index contributed by atoms with van der Waals surface area (Å²) in [6.07, 6.45) is -2.14. The monoisotopic (exact) mass is 311 g/mol. The van der Waals surface area contributed by atoms with Gasteiger partial charge in [-0.25, -0.2) is 18.0 Å². The van der Waals surface area contributed by atoms with Crippen LogP contribution in [0.15, 0.2) is 6.20 Å². The molecule has 0 aliphatic rings. The van der Waals surface area contributed by atoms with Crippen LogP contribution in [0, 0.1) is 5.82 Å². The smallest absolute Gasteiger partial charge is 0.342 e. The van der Waals surface area contributed by atoms with E-state index < -0.39 is 29.3 Å². The Morgan fingerprint density at radius 3 is 2.71 bits per heavy atom. The number of hydrogen-bond acceptors (Lipinski definition) is 3.